The summed E-state index contributed by atoms with van der Waals surface area (Å²) in [5.41, 5.74) is 9.87. The van der Waals surface area contributed by atoms with E-state index in [1.807, 2.05) is 32.0 Å². The Kier molecular flexibility index (Phi) is 3.90. The fourth-order valence-corrected chi connectivity index (χ4v) is 2.07. The van der Waals surface area contributed by atoms with E-state index in [0.717, 1.165) is 23.0 Å². The number of amides is 1. The van der Waals surface area contributed by atoms with E-state index in [0.29, 0.717) is 12.1 Å². The molecule has 1 amide bonds. The number of nitrogens with two attached hydrogens (primary N) is 1. The molecule has 0 saturated carbocycles. The average molecular weight is 259 g/mol. The van der Waals surface area contributed by atoms with Crippen molar-refractivity contribution in [1.29, 1.82) is 0 Å². The molecule has 1 aromatic heterocycles. The Labute approximate surface area is 113 Å². The number of fused-ring (bicyclic) bond motifs is 1. The third kappa shape index (κ3) is 2.79. The van der Waals surface area contributed by atoms with Crippen molar-refractivity contribution in [2.75, 3.05) is 6.54 Å². The molecule has 0 aliphatic rings. The van der Waals surface area contributed by atoms with Gasteiger partial charge in [-0.15, -0.1) is 0 Å². The summed E-state index contributed by atoms with van der Waals surface area (Å²) in [6.07, 6.45) is 0.857. The molecule has 1 atom stereocenters. The van der Waals surface area contributed by atoms with Gasteiger partial charge < -0.3 is 16.0 Å². The van der Waals surface area contributed by atoms with E-state index in [2.05, 4.69) is 17.2 Å². The molecule has 0 bridgehead atoms. The quantitative estimate of drug-likeness (QED) is 0.788. The van der Waals surface area contributed by atoms with Crippen LogP contribution in [0.15, 0.2) is 18.2 Å². The van der Waals surface area contributed by atoms with Gasteiger partial charge in [0.2, 0.25) is 0 Å². The normalized spacial score (nSPS) is 12.6. The van der Waals surface area contributed by atoms with Crippen LogP contribution in [0.1, 0.15) is 35.0 Å². The summed E-state index contributed by atoms with van der Waals surface area (Å²) >= 11 is 0. The lowest BCUT2D eigenvalue weighted by Crippen LogP contribution is -2.36. The highest BCUT2D eigenvalue weighted by atomic mass is 16.1. The van der Waals surface area contributed by atoms with Crippen LogP contribution < -0.4 is 11.1 Å². The first-order valence-corrected chi connectivity index (χ1v) is 6.65. The van der Waals surface area contributed by atoms with E-state index in [1.54, 1.807) is 0 Å². The van der Waals surface area contributed by atoms with Crippen LogP contribution in [0.5, 0.6) is 0 Å². The molecule has 102 valence electrons. The molecule has 0 aliphatic heterocycles. The fourth-order valence-electron chi connectivity index (χ4n) is 2.07. The Bertz CT molecular complexity index is 601. The molecule has 0 saturated heterocycles. The van der Waals surface area contributed by atoms with Crippen LogP contribution in [-0.2, 0) is 0 Å². The zero-order valence-corrected chi connectivity index (χ0v) is 11.7. The molecule has 2 aromatic rings. The SMILES string of the molecule is CCC(N)CNC(=O)c1ccc2[nH]c(C)c(C)c2c1. The number of nitrogens with one attached hydrogen (secondary N) is 2. The van der Waals surface area contributed by atoms with E-state index in [-0.39, 0.29) is 11.9 Å². The number of rotatable bonds is 4. The van der Waals surface area contributed by atoms with Crippen LogP contribution in [0.25, 0.3) is 10.9 Å². The predicted molar refractivity (Wildman–Crippen MR) is 78.4 cm³/mol. The fraction of sp³-hybridized carbons (Fsp3) is 0.400. The van der Waals surface area contributed by atoms with Crippen molar-refractivity contribution in [1.82, 2.24) is 10.3 Å². The highest BCUT2D eigenvalue weighted by Crippen LogP contribution is 2.22. The Balaban J connectivity index is 2.20. The maximum Gasteiger partial charge on any atom is 0.251 e. The monoisotopic (exact) mass is 259 g/mol. The summed E-state index contributed by atoms with van der Waals surface area (Å²) in [6, 6.07) is 5.74. The van der Waals surface area contributed by atoms with Crippen LogP contribution in [0.3, 0.4) is 0 Å². The van der Waals surface area contributed by atoms with Crippen LogP contribution in [0.2, 0.25) is 0 Å². The lowest BCUT2D eigenvalue weighted by Gasteiger charge is -2.10. The molecule has 0 aliphatic carbocycles. The Morgan fingerprint density at radius 2 is 2.16 bits per heavy atom. The van der Waals surface area contributed by atoms with Crippen molar-refractivity contribution in [3.63, 3.8) is 0 Å². The number of aryl methyl sites for hydroxylation is 2. The first-order chi connectivity index (χ1) is 9.02. The smallest absolute Gasteiger partial charge is 0.251 e. The number of H-pyrrole nitrogens is 1. The number of hydrogen-bond donors (Lipinski definition) is 3. The van der Waals surface area contributed by atoms with Crippen molar-refractivity contribution in [2.45, 2.75) is 33.2 Å². The van der Waals surface area contributed by atoms with E-state index in [9.17, 15) is 4.79 Å². The maximum absolute atomic E-state index is 12.0. The molecular weight excluding hydrogens is 238 g/mol. The van der Waals surface area contributed by atoms with E-state index >= 15 is 0 Å². The summed E-state index contributed by atoms with van der Waals surface area (Å²) < 4.78 is 0. The van der Waals surface area contributed by atoms with Gasteiger partial charge in [0.05, 0.1) is 0 Å². The zero-order valence-electron chi connectivity index (χ0n) is 11.7. The van der Waals surface area contributed by atoms with Gasteiger partial charge in [-0.3, -0.25) is 4.79 Å². The second-order valence-corrected chi connectivity index (χ2v) is 5.01. The third-order valence-corrected chi connectivity index (χ3v) is 3.62. The van der Waals surface area contributed by atoms with Crippen molar-refractivity contribution in [2.24, 2.45) is 5.73 Å². The Hall–Kier alpha value is -1.81. The molecule has 0 radical (unpaired) electrons. The predicted octanol–water partition coefficient (Wildman–Crippen LogP) is 2.25. The number of carbonyl (C=O) groups is 1. The lowest BCUT2D eigenvalue weighted by atomic mass is 10.1. The first kappa shape index (κ1) is 13.6. The van der Waals surface area contributed by atoms with Crippen LogP contribution in [0.4, 0.5) is 0 Å². The molecule has 19 heavy (non-hydrogen) atoms. The molecule has 4 N–H and O–H groups in total. The molecule has 4 nitrogen and oxygen atoms in total. The summed E-state index contributed by atoms with van der Waals surface area (Å²) in [4.78, 5) is 15.4. The van der Waals surface area contributed by atoms with Crippen LogP contribution in [0, 0.1) is 13.8 Å². The van der Waals surface area contributed by atoms with Gasteiger partial charge in [-0.05, 0) is 44.0 Å². The molecule has 1 aromatic carbocycles. The Morgan fingerprint density at radius 1 is 1.42 bits per heavy atom. The van der Waals surface area contributed by atoms with Gasteiger partial charge in [0, 0.05) is 34.7 Å². The number of aromatic nitrogens is 1. The lowest BCUT2D eigenvalue weighted by molar-refractivity contribution is 0.0951. The van der Waals surface area contributed by atoms with Crippen molar-refractivity contribution in [3.8, 4) is 0 Å². The highest BCUT2D eigenvalue weighted by molar-refractivity contribution is 5.99. The minimum atomic E-state index is -0.0657. The van der Waals surface area contributed by atoms with Gasteiger partial charge in [-0.25, -0.2) is 0 Å². The summed E-state index contributed by atoms with van der Waals surface area (Å²) in [5, 5.41) is 3.97. The van der Waals surface area contributed by atoms with Crippen molar-refractivity contribution in [3.05, 3.63) is 35.0 Å². The largest absolute Gasteiger partial charge is 0.358 e. The maximum atomic E-state index is 12.0. The number of hydrogen-bond acceptors (Lipinski definition) is 2. The van der Waals surface area contributed by atoms with E-state index < -0.39 is 0 Å². The van der Waals surface area contributed by atoms with Crippen molar-refractivity contribution < 1.29 is 4.79 Å². The third-order valence-electron chi connectivity index (χ3n) is 3.62. The second kappa shape index (κ2) is 5.45. The molecular formula is C15H21N3O. The molecule has 0 fully saturated rings. The minimum absolute atomic E-state index is 0.0175. The van der Waals surface area contributed by atoms with Crippen LogP contribution >= 0.6 is 0 Å². The van der Waals surface area contributed by atoms with Gasteiger partial charge >= 0.3 is 0 Å². The molecule has 4 heteroatoms. The average Bonchev–Trinajstić information content (AvgIpc) is 2.70. The number of benzene rings is 1. The molecule has 1 unspecified atom stereocenters. The standard InChI is InChI=1S/C15H21N3O/c1-4-12(16)8-17-15(19)11-5-6-14-13(7-11)9(2)10(3)18-14/h5-7,12,18H,4,8,16H2,1-3H3,(H,17,19). The number of carbonyl (C=O) groups excluding carboxylic acids is 1. The van der Waals surface area contributed by atoms with Crippen molar-refractivity contribution >= 4 is 16.8 Å². The molecule has 0 spiro atoms. The second-order valence-electron chi connectivity index (χ2n) is 5.01. The van der Waals surface area contributed by atoms with Gasteiger partial charge in [0.15, 0.2) is 0 Å². The minimum Gasteiger partial charge on any atom is -0.358 e. The van der Waals surface area contributed by atoms with Gasteiger partial charge in [-0.1, -0.05) is 6.92 Å². The first-order valence-electron chi connectivity index (χ1n) is 6.65. The van der Waals surface area contributed by atoms with E-state index in [1.165, 1.54) is 5.56 Å². The molecule has 2 rings (SSSR count). The summed E-state index contributed by atoms with van der Waals surface area (Å²) in [7, 11) is 0. The van der Waals surface area contributed by atoms with Crippen LogP contribution in [-0.4, -0.2) is 23.5 Å². The summed E-state index contributed by atoms with van der Waals surface area (Å²) in [5.74, 6) is -0.0657. The topological polar surface area (TPSA) is 70.9 Å². The zero-order chi connectivity index (χ0) is 14.0. The van der Waals surface area contributed by atoms with Gasteiger partial charge in [-0.2, -0.15) is 0 Å². The number of aromatic amines is 1. The van der Waals surface area contributed by atoms with Gasteiger partial charge in [0.1, 0.15) is 0 Å². The van der Waals surface area contributed by atoms with E-state index in [4.69, 9.17) is 5.73 Å². The highest BCUT2D eigenvalue weighted by Gasteiger charge is 2.10. The Morgan fingerprint density at radius 3 is 2.84 bits per heavy atom. The summed E-state index contributed by atoms with van der Waals surface area (Å²) in [6.45, 7) is 6.62. The van der Waals surface area contributed by atoms with Gasteiger partial charge in [0.25, 0.3) is 5.91 Å². The molecule has 1 heterocycles.